The average Bonchev–Trinajstić information content (AvgIpc) is 2.51. The summed E-state index contributed by atoms with van der Waals surface area (Å²) in [5, 5.41) is 3.52. The van der Waals surface area contributed by atoms with Crippen LogP contribution < -0.4 is 10.1 Å². The molecule has 0 amide bonds. The Balaban J connectivity index is 2.00. The highest BCUT2D eigenvalue weighted by atomic mass is 79.9. The van der Waals surface area contributed by atoms with E-state index in [1.807, 2.05) is 0 Å². The zero-order chi connectivity index (χ0) is 15.1. The number of rotatable bonds is 7. The smallest absolute Gasteiger partial charge is 0.125 e. The molecule has 0 aromatic heterocycles. The van der Waals surface area contributed by atoms with E-state index < -0.39 is 0 Å². The van der Waals surface area contributed by atoms with Crippen molar-refractivity contribution in [3.63, 3.8) is 0 Å². The van der Waals surface area contributed by atoms with Gasteiger partial charge in [0, 0.05) is 22.7 Å². The number of benzene rings is 1. The first-order valence-electron chi connectivity index (χ1n) is 7.98. The van der Waals surface area contributed by atoms with E-state index in [1.165, 1.54) is 18.4 Å². The second-order valence-electron chi connectivity index (χ2n) is 5.66. The monoisotopic (exact) mass is 355 g/mol. The minimum Gasteiger partial charge on any atom is -0.490 e. The van der Waals surface area contributed by atoms with Crippen LogP contribution in [0, 0.1) is 0 Å². The molecular weight excluding hydrogens is 330 g/mol. The molecule has 1 heterocycles. The SMILES string of the molecule is CCCNC(C)c1ccc(Br)cc1OCC1CCCCO1. The van der Waals surface area contributed by atoms with Crippen LogP contribution in [0.2, 0.25) is 0 Å². The van der Waals surface area contributed by atoms with Gasteiger partial charge in [0.05, 0.1) is 6.10 Å². The van der Waals surface area contributed by atoms with E-state index in [-0.39, 0.29) is 6.10 Å². The fraction of sp³-hybridized carbons (Fsp3) is 0.647. The molecule has 2 unspecified atom stereocenters. The van der Waals surface area contributed by atoms with Gasteiger partial charge in [-0.1, -0.05) is 28.9 Å². The summed E-state index contributed by atoms with van der Waals surface area (Å²) in [7, 11) is 0. The highest BCUT2D eigenvalue weighted by molar-refractivity contribution is 9.10. The predicted molar refractivity (Wildman–Crippen MR) is 89.9 cm³/mol. The summed E-state index contributed by atoms with van der Waals surface area (Å²) in [6.45, 7) is 6.89. The molecule has 0 spiro atoms. The van der Waals surface area contributed by atoms with Crippen molar-refractivity contribution in [1.29, 1.82) is 0 Å². The number of halogens is 1. The zero-order valence-corrected chi connectivity index (χ0v) is 14.6. The van der Waals surface area contributed by atoms with E-state index in [4.69, 9.17) is 9.47 Å². The molecule has 1 aromatic rings. The van der Waals surface area contributed by atoms with Gasteiger partial charge in [-0.15, -0.1) is 0 Å². The van der Waals surface area contributed by atoms with Crippen LogP contribution in [0.1, 0.15) is 51.1 Å². The molecule has 0 aliphatic carbocycles. The lowest BCUT2D eigenvalue weighted by atomic mass is 10.1. The van der Waals surface area contributed by atoms with E-state index in [1.54, 1.807) is 0 Å². The minimum absolute atomic E-state index is 0.240. The van der Waals surface area contributed by atoms with Crippen molar-refractivity contribution < 1.29 is 9.47 Å². The molecule has 1 aliphatic heterocycles. The molecule has 1 aromatic carbocycles. The van der Waals surface area contributed by atoms with Gasteiger partial charge in [0.15, 0.2) is 0 Å². The van der Waals surface area contributed by atoms with Crippen molar-refractivity contribution in [1.82, 2.24) is 5.32 Å². The Kier molecular flexibility index (Phi) is 7.00. The fourth-order valence-corrected chi connectivity index (χ4v) is 2.92. The zero-order valence-electron chi connectivity index (χ0n) is 13.0. The van der Waals surface area contributed by atoms with Gasteiger partial charge >= 0.3 is 0 Å². The minimum atomic E-state index is 0.240. The number of nitrogens with one attached hydrogen (secondary N) is 1. The first kappa shape index (κ1) is 16.8. The lowest BCUT2D eigenvalue weighted by Crippen LogP contribution is -2.26. The van der Waals surface area contributed by atoms with E-state index >= 15 is 0 Å². The van der Waals surface area contributed by atoms with Crippen molar-refractivity contribution >= 4 is 15.9 Å². The fourth-order valence-electron chi connectivity index (χ4n) is 2.58. The van der Waals surface area contributed by atoms with E-state index in [2.05, 4.69) is 53.3 Å². The molecule has 118 valence electrons. The molecule has 0 saturated carbocycles. The van der Waals surface area contributed by atoms with E-state index in [9.17, 15) is 0 Å². The molecule has 0 bridgehead atoms. The van der Waals surface area contributed by atoms with Gasteiger partial charge < -0.3 is 14.8 Å². The highest BCUT2D eigenvalue weighted by Crippen LogP contribution is 2.29. The summed E-state index contributed by atoms with van der Waals surface area (Å²) < 4.78 is 12.9. The average molecular weight is 356 g/mol. The van der Waals surface area contributed by atoms with Gasteiger partial charge in [-0.2, -0.15) is 0 Å². The van der Waals surface area contributed by atoms with Crippen LogP contribution in [-0.2, 0) is 4.74 Å². The first-order chi connectivity index (χ1) is 10.2. The molecule has 0 radical (unpaired) electrons. The second kappa shape index (κ2) is 8.76. The predicted octanol–water partition coefficient (Wildman–Crippen LogP) is 4.46. The Bertz CT molecular complexity index is 433. The highest BCUT2D eigenvalue weighted by Gasteiger charge is 2.17. The van der Waals surface area contributed by atoms with E-state index in [0.717, 1.165) is 36.2 Å². The van der Waals surface area contributed by atoms with Crippen LogP contribution in [0.3, 0.4) is 0 Å². The number of hydrogen-bond donors (Lipinski definition) is 1. The summed E-state index contributed by atoms with van der Waals surface area (Å²) >= 11 is 3.53. The maximum absolute atomic E-state index is 6.06. The molecule has 4 heteroatoms. The Hall–Kier alpha value is -0.580. The van der Waals surface area contributed by atoms with Crippen LogP contribution in [-0.4, -0.2) is 25.9 Å². The van der Waals surface area contributed by atoms with Gasteiger partial charge in [0.25, 0.3) is 0 Å². The molecular formula is C17H26BrNO2. The lowest BCUT2D eigenvalue weighted by Gasteiger charge is -2.24. The molecule has 1 fully saturated rings. The van der Waals surface area contributed by atoms with Gasteiger partial charge in [0.1, 0.15) is 12.4 Å². The molecule has 1 saturated heterocycles. The van der Waals surface area contributed by atoms with Gasteiger partial charge in [-0.05, 0) is 51.3 Å². The van der Waals surface area contributed by atoms with Crippen LogP contribution in [0.15, 0.2) is 22.7 Å². The Morgan fingerprint density at radius 1 is 1.43 bits per heavy atom. The van der Waals surface area contributed by atoms with Crippen LogP contribution in [0.4, 0.5) is 0 Å². The third-order valence-corrected chi connectivity index (χ3v) is 4.33. The molecule has 2 atom stereocenters. The third-order valence-electron chi connectivity index (χ3n) is 3.84. The van der Waals surface area contributed by atoms with Crippen LogP contribution >= 0.6 is 15.9 Å². The maximum Gasteiger partial charge on any atom is 0.125 e. The number of ether oxygens (including phenoxy) is 2. The summed E-state index contributed by atoms with van der Waals surface area (Å²) in [5.41, 5.74) is 1.21. The summed E-state index contributed by atoms with van der Waals surface area (Å²) in [4.78, 5) is 0. The summed E-state index contributed by atoms with van der Waals surface area (Å²) in [5.74, 6) is 0.953. The molecule has 1 aliphatic rings. The van der Waals surface area contributed by atoms with Crippen molar-refractivity contribution in [2.75, 3.05) is 19.8 Å². The van der Waals surface area contributed by atoms with Crippen molar-refractivity contribution in [3.05, 3.63) is 28.2 Å². The van der Waals surface area contributed by atoms with E-state index in [0.29, 0.717) is 12.6 Å². The van der Waals surface area contributed by atoms with Crippen molar-refractivity contribution in [2.45, 2.75) is 51.7 Å². The van der Waals surface area contributed by atoms with Crippen LogP contribution in [0.25, 0.3) is 0 Å². The van der Waals surface area contributed by atoms with Gasteiger partial charge in [0.2, 0.25) is 0 Å². The Labute approximate surface area is 136 Å². The largest absolute Gasteiger partial charge is 0.490 e. The molecule has 1 N–H and O–H groups in total. The van der Waals surface area contributed by atoms with Crippen molar-refractivity contribution in [2.24, 2.45) is 0 Å². The summed E-state index contributed by atoms with van der Waals surface area (Å²) in [6, 6.07) is 6.56. The standard InChI is InChI=1S/C17H26BrNO2/c1-3-9-19-13(2)16-8-7-14(18)11-17(16)21-12-15-6-4-5-10-20-15/h7-8,11,13,15,19H,3-6,9-10,12H2,1-2H3. The molecule has 21 heavy (non-hydrogen) atoms. The lowest BCUT2D eigenvalue weighted by molar-refractivity contribution is -0.0113. The normalized spacial score (nSPS) is 20.2. The second-order valence-corrected chi connectivity index (χ2v) is 6.57. The molecule has 3 nitrogen and oxygen atoms in total. The quantitative estimate of drug-likeness (QED) is 0.783. The van der Waals surface area contributed by atoms with Gasteiger partial charge in [-0.3, -0.25) is 0 Å². The summed E-state index contributed by atoms with van der Waals surface area (Å²) in [6.07, 6.45) is 4.90. The van der Waals surface area contributed by atoms with Crippen molar-refractivity contribution in [3.8, 4) is 5.75 Å². The first-order valence-corrected chi connectivity index (χ1v) is 8.77. The number of hydrogen-bond acceptors (Lipinski definition) is 3. The topological polar surface area (TPSA) is 30.5 Å². The Morgan fingerprint density at radius 3 is 3.00 bits per heavy atom. The maximum atomic E-state index is 6.06. The molecule has 2 rings (SSSR count). The Morgan fingerprint density at radius 2 is 2.29 bits per heavy atom. The third kappa shape index (κ3) is 5.28. The van der Waals surface area contributed by atoms with Crippen LogP contribution in [0.5, 0.6) is 5.75 Å². The van der Waals surface area contributed by atoms with Gasteiger partial charge in [-0.25, -0.2) is 0 Å².